The third-order valence-electron chi connectivity index (χ3n) is 3.22. The van der Waals surface area contributed by atoms with Crippen molar-refractivity contribution in [3.63, 3.8) is 0 Å². The van der Waals surface area contributed by atoms with E-state index >= 15 is 0 Å². The van der Waals surface area contributed by atoms with Gasteiger partial charge in [-0.25, -0.2) is 0 Å². The number of phenolic OH excluding ortho intramolecular Hbond substituents is 1. The summed E-state index contributed by atoms with van der Waals surface area (Å²) in [5, 5.41) is 20.7. The zero-order chi connectivity index (χ0) is 14.7. The molecule has 2 aromatic heterocycles. The summed E-state index contributed by atoms with van der Waals surface area (Å²) in [6.45, 7) is 4.82. The van der Waals surface area contributed by atoms with Crippen molar-refractivity contribution in [1.82, 2.24) is 0 Å². The molecule has 0 amide bonds. The summed E-state index contributed by atoms with van der Waals surface area (Å²) in [7, 11) is 0. The minimum absolute atomic E-state index is 0.117. The number of phenols is 1. The van der Waals surface area contributed by atoms with Gasteiger partial charge in [0.25, 0.3) is 0 Å². The Labute approximate surface area is 114 Å². The Balaban J connectivity index is 2.47. The van der Waals surface area contributed by atoms with Crippen molar-refractivity contribution >= 4 is 21.9 Å². The van der Waals surface area contributed by atoms with Gasteiger partial charge >= 0.3 is 0 Å². The molecule has 3 aromatic rings. The Morgan fingerprint density at radius 2 is 1.80 bits per heavy atom. The Morgan fingerprint density at radius 1 is 1.10 bits per heavy atom. The highest BCUT2D eigenvalue weighted by Gasteiger charge is 2.23. The molecule has 5 nitrogen and oxygen atoms in total. The van der Waals surface area contributed by atoms with Crippen molar-refractivity contribution in [3.8, 4) is 5.75 Å². The Kier molecular flexibility index (Phi) is 2.46. The predicted molar refractivity (Wildman–Crippen MR) is 73.9 cm³/mol. The summed E-state index contributed by atoms with van der Waals surface area (Å²) in [4.78, 5) is 12.0. The number of hydrogen-bond donors (Lipinski definition) is 2. The summed E-state index contributed by atoms with van der Waals surface area (Å²) < 4.78 is 11.0. The van der Waals surface area contributed by atoms with E-state index in [2.05, 4.69) is 0 Å². The van der Waals surface area contributed by atoms with Crippen molar-refractivity contribution in [2.45, 2.75) is 26.4 Å². The van der Waals surface area contributed by atoms with E-state index in [1.807, 2.05) is 0 Å². The van der Waals surface area contributed by atoms with E-state index in [1.165, 1.54) is 12.1 Å². The SMILES string of the molecule is Cc1cc(=O)c2c(O)c3cc(C(C)(C)O)oc3cc2o1. The van der Waals surface area contributed by atoms with Gasteiger partial charge in [-0.2, -0.15) is 0 Å². The number of hydrogen-bond acceptors (Lipinski definition) is 5. The molecule has 2 N–H and O–H groups in total. The van der Waals surface area contributed by atoms with E-state index in [4.69, 9.17) is 8.83 Å². The second-order valence-electron chi connectivity index (χ2n) is 5.40. The first-order valence-corrected chi connectivity index (χ1v) is 6.20. The fourth-order valence-electron chi connectivity index (χ4n) is 2.22. The molecular formula is C15H14O5. The van der Waals surface area contributed by atoms with E-state index in [-0.39, 0.29) is 22.1 Å². The average molecular weight is 274 g/mol. The number of aromatic hydroxyl groups is 1. The standard InChI is InChI=1S/C15H14O5/c1-7-4-9(16)13-11(19-7)6-10-8(14(13)17)5-12(20-10)15(2,3)18/h4-6,17-18H,1-3H3. The molecule has 0 bridgehead atoms. The molecule has 0 radical (unpaired) electrons. The van der Waals surface area contributed by atoms with E-state index in [0.29, 0.717) is 22.5 Å². The van der Waals surface area contributed by atoms with Crippen LogP contribution >= 0.6 is 0 Å². The number of benzene rings is 1. The lowest BCUT2D eigenvalue weighted by Gasteiger charge is -2.12. The molecule has 0 aliphatic rings. The van der Waals surface area contributed by atoms with E-state index in [0.717, 1.165) is 0 Å². The second-order valence-corrected chi connectivity index (χ2v) is 5.40. The molecule has 1 aromatic carbocycles. The van der Waals surface area contributed by atoms with E-state index in [9.17, 15) is 15.0 Å². The van der Waals surface area contributed by atoms with Crippen LogP contribution in [0.15, 0.2) is 31.8 Å². The lowest BCUT2D eigenvalue weighted by molar-refractivity contribution is 0.0559. The van der Waals surface area contributed by atoms with Crippen molar-refractivity contribution in [2.24, 2.45) is 0 Å². The summed E-state index contributed by atoms with van der Waals surface area (Å²) in [5.41, 5.74) is -0.864. The minimum Gasteiger partial charge on any atom is -0.506 e. The normalized spacial score (nSPS) is 12.4. The van der Waals surface area contributed by atoms with Gasteiger partial charge in [-0.15, -0.1) is 0 Å². The molecule has 0 atom stereocenters. The highest BCUT2D eigenvalue weighted by Crippen LogP contribution is 2.36. The molecule has 0 spiro atoms. The highest BCUT2D eigenvalue weighted by molar-refractivity contribution is 6.01. The number of aliphatic hydroxyl groups is 1. The molecule has 0 saturated carbocycles. The largest absolute Gasteiger partial charge is 0.506 e. The van der Waals surface area contributed by atoms with Crippen LogP contribution in [0.25, 0.3) is 21.9 Å². The fraction of sp³-hybridized carbons (Fsp3) is 0.267. The molecule has 3 rings (SSSR count). The van der Waals surface area contributed by atoms with Crippen LogP contribution in [0.4, 0.5) is 0 Å². The molecule has 2 heterocycles. The van der Waals surface area contributed by atoms with Crippen LogP contribution in [0, 0.1) is 6.92 Å². The maximum atomic E-state index is 12.0. The maximum absolute atomic E-state index is 12.0. The van der Waals surface area contributed by atoms with E-state index in [1.54, 1.807) is 26.8 Å². The van der Waals surface area contributed by atoms with Crippen molar-refractivity contribution in [3.05, 3.63) is 39.9 Å². The highest BCUT2D eigenvalue weighted by atomic mass is 16.4. The Bertz CT molecular complexity index is 877. The van der Waals surface area contributed by atoms with Gasteiger partial charge in [-0.1, -0.05) is 0 Å². The minimum atomic E-state index is -1.18. The molecule has 0 aliphatic carbocycles. The monoisotopic (exact) mass is 274 g/mol. The van der Waals surface area contributed by atoms with Gasteiger partial charge in [-0.05, 0) is 26.8 Å². The van der Waals surface area contributed by atoms with Gasteiger partial charge in [0, 0.05) is 12.1 Å². The van der Waals surface area contributed by atoms with Crippen LogP contribution in [0.1, 0.15) is 25.4 Å². The molecule has 0 fully saturated rings. The number of aryl methyl sites for hydroxylation is 1. The molecule has 5 heteroatoms. The fourth-order valence-corrected chi connectivity index (χ4v) is 2.22. The lowest BCUT2D eigenvalue weighted by atomic mass is 10.1. The topological polar surface area (TPSA) is 83.8 Å². The van der Waals surface area contributed by atoms with Crippen molar-refractivity contribution in [2.75, 3.05) is 0 Å². The van der Waals surface area contributed by atoms with Gasteiger partial charge in [0.1, 0.15) is 39.4 Å². The van der Waals surface area contributed by atoms with Crippen molar-refractivity contribution in [1.29, 1.82) is 0 Å². The maximum Gasteiger partial charge on any atom is 0.196 e. The molecule has 0 aliphatic heterocycles. The van der Waals surface area contributed by atoms with Gasteiger partial charge in [0.2, 0.25) is 0 Å². The lowest BCUT2D eigenvalue weighted by Crippen LogP contribution is -2.13. The van der Waals surface area contributed by atoms with Crippen LogP contribution in [0.2, 0.25) is 0 Å². The van der Waals surface area contributed by atoms with Crippen LogP contribution in [0.5, 0.6) is 5.75 Å². The summed E-state index contributed by atoms with van der Waals surface area (Å²) in [6, 6.07) is 4.41. The molecule has 0 unspecified atom stereocenters. The quantitative estimate of drug-likeness (QED) is 0.712. The molecule has 20 heavy (non-hydrogen) atoms. The van der Waals surface area contributed by atoms with Crippen LogP contribution in [0.3, 0.4) is 0 Å². The van der Waals surface area contributed by atoms with Gasteiger partial charge in [-0.3, -0.25) is 4.79 Å². The van der Waals surface area contributed by atoms with Crippen LogP contribution < -0.4 is 5.43 Å². The smallest absolute Gasteiger partial charge is 0.196 e. The molecule has 0 saturated heterocycles. The van der Waals surface area contributed by atoms with E-state index < -0.39 is 5.60 Å². The number of furan rings is 1. The molecular weight excluding hydrogens is 260 g/mol. The first kappa shape index (κ1) is 12.7. The zero-order valence-corrected chi connectivity index (χ0v) is 11.4. The van der Waals surface area contributed by atoms with Gasteiger partial charge < -0.3 is 19.0 Å². The number of fused-ring (bicyclic) bond motifs is 2. The average Bonchev–Trinajstić information content (AvgIpc) is 2.71. The van der Waals surface area contributed by atoms with Crippen LogP contribution in [-0.2, 0) is 5.60 Å². The zero-order valence-electron chi connectivity index (χ0n) is 11.4. The second kappa shape index (κ2) is 3.86. The summed E-state index contributed by atoms with van der Waals surface area (Å²) >= 11 is 0. The Morgan fingerprint density at radius 3 is 2.45 bits per heavy atom. The first-order chi connectivity index (χ1) is 9.27. The third kappa shape index (κ3) is 1.78. The van der Waals surface area contributed by atoms with Crippen LogP contribution in [-0.4, -0.2) is 10.2 Å². The Hall–Kier alpha value is -2.27. The van der Waals surface area contributed by atoms with Gasteiger partial charge in [0.05, 0.1) is 5.39 Å². The predicted octanol–water partition coefficient (Wildman–Crippen LogP) is 2.78. The van der Waals surface area contributed by atoms with Crippen molar-refractivity contribution < 1.29 is 19.0 Å². The third-order valence-corrected chi connectivity index (χ3v) is 3.22. The first-order valence-electron chi connectivity index (χ1n) is 6.20. The van der Waals surface area contributed by atoms with Gasteiger partial charge in [0.15, 0.2) is 5.43 Å². The summed E-state index contributed by atoms with van der Waals surface area (Å²) in [5.74, 6) is 0.572. The summed E-state index contributed by atoms with van der Waals surface area (Å²) in [6.07, 6.45) is 0. The molecule has 104 valence electrons. The number of rotatable bonds is 1.